The average Bonchev–Trinajstić information content (AvgIpc) is 2.91. The molecule has 1 N–H and O–H groups in total. The lowest BCUT2D eigenvalue weighted by Gasteiger charge is -2.32. The Bertz CT molecular complexity index is 769. The lowest BCUT2D eigenvalue weighted by atomic mass is 10.2. The zero-order valence-electron chi connectivity index (χ0n) is 12.9. The van der Waals surface area contributed by atoms with E-state index in [0.29, 0.717) is 42.6 Å². The van der Waals surface area contributed by atoms with E-state index in [1.54, 1.807) is 18.7 Å². The molecule has 0 aliphatic carbocycles. The van der Waals surface area contributed by atoms with Crippen molar-refractivity contribution in [3.8, 4) is 0 Å². The van der Waals surface area contributed by atoms with Crippen LogP contribution in [-0.2, 0) is 16.0 Å². The van der Waals surface area contributed by atoms with Crippen molar-refractivity contribution in [1.82, 2.24) is 25.2 Å². The predicted octanol–water partition coefficient (Wildman–Crippen LogP) is -0.0877. The average molecular weight is 319 g/mol. The van der Waals surface area contributed by atoms with E-state index in [2.05, 4.69) is 24.9 Å². The number of hydrogen-bond acceptors (Lipinski definition) is 7. The van der Waals surface area contributed by atoms with Gasteiger partial charge in [-0.2, -0.15) is 0 Å². The van der Waals surface area contributed by atoms with E-state index in [9.17, 15) is 9.59 Å². The van der Waals surface area contributed by atoms with Crippen LogP contribution in [0.15, 0.2) is 15.5 Å². The fourth-order valence-corrected chi connectivity index (χ4v) is 2.46. The van der Waals surface area contributed by atoms with Crippen molar-refractivity contribution in [3.63, 3.8) is 0 Å². The second-order valence-corrected chi connectivity index (χ2v) is 5.44. The Morgan fingerprint density at radius 1 is 1.43 bits per heavy atom. The van der Waals surface area contributed by atoms with E-state index in [1.165, 1.54) is 6.07 Å². The van der Waals surface area contributed by atoms with Crippen molar-refractivity contribution in [3.05, 3.63) is 39.3 Å². The minimum Gasteiger partial charge on any atom is -0.367 e. The van der Waals surface area contributed by atoms with E-state index in [1.807, 2.05) is 0 Å². The van der Waals surface area contributed by atoms with E-state index in [4.69, 9.17) is 4.74 Å². The molecule has 23 heavy (non-hydrogen) atoms. The number of nitrogens with zero attached hydrogens (tertiary/aromatic N) is 4. The molecule has 0 spiro atoms. The molecule has 1 aliphatic rings. The Morgan fingerprint density at radius 3 is 2.96 bits per heavy atom. The maximum Gasteiger partial charge on any atom is 0.251 e. The van der Waals surface area contributed by atoms with Crippen molar-refractivity contribution < 1.29 is 14.2 Å². The summed E-state index contributed by atoms with van der Waals surface area (Å²) in [7, 11) is 0. The van der Waals surface area contributed by atoms with Crippen LogP contribution >= 0.6 is 0 Å². The van der Waals surface area contributed by atoms with Crippen LogP contribution in [0.25, 0.3) is 0 Å². The Hall–Kier alpha value is -2.55. The number of hydrogen-bond donors (Lipinski definition) is 1. The molecule has 3 heterocycles. The highest BCUT2D eigenvalue weighted by Gasteiger charge is 2.28. The first-order chi connectivity index (χ1) is 11.0. The number of carbonyl (C=O) groups is 1. The molecule has 1 aliphatic heterocycles. The third-order valence-corrected chi connectivity index (χ3v) is 3.68. The van der Waals surface area contributed by atoms with Crippen molar-refractivity contribution in [2.24, 2.45) is 0 Å². The molecule has 1 fully saturated rings. The van der Waals surface area contributed by atoms with Gasteiger partial charge < -0.3 is 14.6 Å². The van der Waals surface area contributed by atoms with E-state index in [0.717, 1.165) is 0 Å². The second-order valence-electron chi connectivity index (χ2n) is 5.44. The van der Waals surface area contributed by atoms with Gasteiger partial charge in [-0.05, 0) is 13.8 Å². The van der Waals surface area contributed by atoms with Gasteiger partial charge in [-0.15, -0.1) is 0 Å². The van der Waals surface area contributed by atoms with Gasteiger partial charge in [0.05, 0.1) is 19.6 Å². The molecule has 2 aromatic rings. The topological polar surface area (TPSA) is 114 Å². The van der Waals surface area contributed by atoms with Gasteiger partial charge in [0.25, 0.3) is 5.56 Å². The molecule has 9 heteroatoms. The van der Waals surface area contributed by atoms with E-state index in [-0.39, 0.29) is 17.9 Å². The molecule has 0 radical (unpaired) electrons. The number of aryl methyl sites for hydroxylation is 2. The summed E-state index contributed by atoms with van der Waals surface area (Å²) in [4.78, 5) is 32.6. The van der Waals surface area contributed by atoms with Crippen molar-refractivity contribution >= 4 is 5.91 Å². The normalized spacial score (nSPS) is 18.2. The van der Waals surface area contributed by atoms with Gasteiger partial charge in [-0.25, -0.2) is 9.61 Å². The summed E-state index contributed by atoms with van der Waals surface area (Å²) in [5.41, 5.74) is 1.51. The number of rotatable bonds is 3. The molecular formula is C14H17N5O4. The van der Waals surface area contributed by atoms with Gasteiger partial charge in [0.15, 0.2) is 0 Å². The Kier molecular flexibility index (Phi) is 4.20. The minimum absolute atomic E-state index is 0.0906. The molecule has 0 aromatic carbocycles. The standard InChI is InChI=1S/C14H17N5O4/c1-8-5-12(20)16-14(15-8)11-7-19(3-4-22-11)13(21)6-10-9(2)17-23-18-10/h5,11H,3-4,6-7H2,1-2H3,(H,15,16,20). The maximum absolute atomic E-state index is 12.4. The lowest BCUT2D eigenvalue weighted by Crippen LogP contribution is -2.43. The summed E-state index contributed by atoms with van der Waals surface area (Å²) in [6, 6.07) is 1.41. The van der Waals surface area contributed by atoms with Gasteiger partial charge in [0.1, 0.15) is 23.3 Å². The van der Waals surface area contributed by atoms with Crippen LogP contribution in [0, 0.1) is 13.8 Å². The van der Waals surface area contributed by atoms with Gasteiger partial charge >= 0.3 is 0 Å². The molecule has 3 rings (SSSR count). The zero-order chi connectivity index (χ0) is 16.4. The minimum atomic E-state index is -0.447. The van der Waals surface area contributed by atoms with Crippen LogP contribution in [0.4, 0.5) is 0 Å². The molecule has 2 aromatic heterocycles. The maximum atomic E-state index is 12.4. The second kappa shape index (κ2) is 6.29. The Labute approximate surface area is 131 Å². The number of morpholine rings is 1. The van der Waals surface area contributed by atoms with Gasteiger partial charge in [0.2, 0.25) is 5.91 Å². The van der Waals surface area contributed by atoms with Crippen LogP contribution in [0.2, 0.25) is 0 Å². The molecule has 0 bridgehead atoms. The molecule has 1 amide bonds. The summed E-state index contributed by atoms with van der Waals surface area (Å²) in [5, 5.41) is 7.39. The monoisotopic (exact) mass is 319 g/mol. The molecule has 9 nitrogen and oxygen atoms in total. The van der Waals surface area contributed by atoms with Crippen molar-refractivity contribution in [2.45, 2.75) is 26.4 Å². The number of aromatic amines is 1. The largest absolute Gasteiger partial charge is 0.367 e. The summed E-state index contributed by atoms with van der Waals surface area (Å²) in [6.45, 7) is 4.67. The number of aromatic nitrogens is 4. The highest BCUT2D eigenvalue weighted by atomic mass is 16.6. The van der Waals surface area contributed by atoms with Crippen molar-refractivity contribution in [2.75, 3.05) is 19.7 Å². The lowest BCUT2D eigenvalue weighted by molar-refractivity contribution is -0.138. The van der Waals surface area contributed by atoms with Crippen LogP contribution in [0.5, 0.6) is 0 Å². The number of carbonyl (C=O) groups excluding carboxylic acids is 1. The third-order valence-electron chi connectivity index (χ3n) is 3.68. The smallest absolute Gasteiger partial charge is 0.251 e. The van der Waals surface area contributed by atoms with Crippen molar-refractivity contribution in [1.29, 1.82) is 0 Å². The van der Waals surface area contributed by atoms with Crippen LogP contribution in [-0.4, -0.2) is 50.8 Å². The number of amides is 1. The molecule has 1 saturated heterocycles. The van der Waals surface area contributed by atoms with Crippen LogP contribution < -0.4 is 5.56 Å². The Balaban J connectivity index is 1.71. The molecule has 1 unspecified atom stereocenters. The van der Waals surface area contributed by atoms with E-state index >= 15 is 0 Å². The summed E-state index contributed by atoms with van der Waals surface area (Å²) >= 11 is 0. The number of nitrogens with one attached hydrogen (secondary N) is 1. The number of ether oxygens (including phenoxy) is 1. The van der Waals surface area contributed by atoms with Gasteiger partial charge in [-0.1, -0.05) is 10.3 Å². The first kappa shape index (κ1) is 15.3. The van der Waals surface area contributed by atoms with Gasteiger partial charge in [-0.3, -0.25) is 9.59 Å². The summed E-state index contributed by atoms with van der Waals surface area (Å²) < 4.78 is 10.2. The Morgan fingerprint density at radius 2 is 2.26 bits per heavy atom. The SMILES string of the molecule is Cc1cc(=O)[nH]c(C2CN(C(=O)Cc3nonc3C)CCO2)n1. The first-order valence-electron chi connectivity index (χ1n) is 7.28. The van der Waals surface area contributed by atoms with Gasteiger partial charge in [0, 0.05) is 18.3 Å². The fraction of sp³-hybridized carbons (Fsp3) is 0.500. The number of H-pyrrole nitrogens is 1. The van der Waals surface area contributed by atoms with E-state index < -0.39 is 6.10 Å². The summed E-state index contributed by atoms with van der Waals surface area (Å²) in [5.74, 6) is 0.346. The van der Waals surface area contributed by atoms with Crippen LogP contribution in [0.3, 0.4) is 0 Å². The molecule has 122 valence electrons. The fourth-order valence-electron chi connectivity index (χ4n) is 2.46. The molecule has 0 saturated carbocycles. The molecular weight excluding hydrogens is 302 g/mol. The van der Waals surface area contributed by atoms with Crippen LogP contribution in [0.1, 0.15) is 29.0 Å². The highest BCUT2D eigenvalue weighted by Crippen LogP contribution is 2.19. The summed E-state index contributed by atoms with van der Waals surface area (Å²) in [6.07, 6.45) is -0.323. The highest BCUT2D eigenvalue weighted by molar-refractivity contribution is 5.78. The third kappa shape index (κ3) is 3.45. The first-order valence-corrected chi connectivity index (χ1v) is 7.28. The zero-order valence-corrected chi connectivity index (χ0v) is 12.9. The quantitative estimate of drug-likeness (QED) is 0.841. The predicted molar refractivity (Wildman–Crippen MR) is 77.6 cm³/mol. The molecule has 1 atom stereocenters.